The van der Waals surface area contributed by atoms with Crippen LogP contribution in [0.3, 0.4) is 0 Å². The van der Waals surface area contributed by atoms with Crippen LogP contribution in [0.15, 0.2) is 11.0 Å². The molecule has 1 aromatic rings. The number of halogens is 1. The van der Waals surface area contributed by atoms with E-state index in [1.807, 2.05) is 0 Å². The molecular formula is C14H21FN4O6. The quantitative estimate of drug-likeness (QED) is 0.434. The maximum Gasteiger partial charge on any atom is 0.351 e. The average molecular weight is 360 g/mol. The summed E-state index contributed by atoms with van der Waals surface area (Å²) in [7, 11) is 0. The van der Waals surface area contributed by atoms with E-state index >= 15 is 0 Å². The summed E-state index contributed by atoms with van der Waals surface area (Å²) in [4.78, 5) is 26.3. The van der Waals surface area contributed by atoms with Gasteiger partial charge in [-0.1, -0.05) is 0 Å². The second kappa shape index (κ2) is 7.44. The first-order valence-corrected chi connectivity index (χ1v) is 7.56. The van der Waals surface area contributed by atoms with Crippen LogP contribution >= 0.6 is 0 Å². The highest BCUT2D eigenvalue weighted by Crippen LogP contribution is 2.39. The molecule has 1 fully saturated rings. The summed E-state index contributed by atoms with van der Waals surface area (Å²) < 4.78 is 26.0. The Labute approximate surface area is 142 Å². The van der Waals surface area contributed by atoms with Crippen molar-refractivity contribution in [2.45, 2.75) is 38.1 Å². The van der Waals surface area contributed by atoms with Crippen LogP contribution in [0.4, 0.5) is 10.2 Å². The number of aryl methyl sites for hydroxylation is 1. The molecule has 140 valence electrons. The highest BCUT2D eigenvalue weighted by molar-refractivity contribution is 5.72. The highest BCUT2D eigenvalue weighted by Gasteiger charge is 2.57. The number of aliphatic hydroxyl groups excluding tert-OH is 2. The fourth-order valence-electron chi connectivity index (χ4n) is 2.46. The summed E-state index contributed by atoms with van der Waals surface area (Å²) in [5, 5.41) is 22.1. The standard InChI is InChI=1S/C14H21FN4O6/c1-7-5-19(13(23)18-11(7)16)12-9(15)10(22)14(6-20,25-12)24-4-3-17-8(2)21/h5,9-10,12,20,22H,3-4,6H2,1-2H3,(H,17,21)(H2,16,18,23)/t9-,10-,12+,14+/m0/s1. The molecule has 0 aliphatic carbocycles. The van der Waals surface area contributed by atoms with Crippen molar-refractivity contribution in [3.8, 4) is 0 Å². The molecule has 0 radical (unpaired) electrons. The molecule has 1 aromatic heterocycles. The molecular weight excluding hydrogens is 339 g/mol. The summed E-state index contributed by atoms with van der Waals surface area (Å²) in [5.41, 5.74) is 5.08. The fourth-order valence-corrected chi connectivity index (χ4v) is 2.46. The Morgan fingerprint density at radius 1 is 1.64 bits per heavy atom. The van der Waals surface area contributed by atoms with Gasteiger partial charge in [-0.15, -0.1) is 0 Å². The minimum atomic E-state index is -2.07. The Kier molecular flexibility index (Phi) is 5.72. The lowest BCUT2D eigenvalue weighted by molar-refractivity contribution is -0.281. The number of anilines is 1. The first-order valence-electron chi connectivity index (χ1n) is 7.56. The Balaban J connectivity index is 2.22. The SMILES string of the molecule is CC(=O)NCCO[C@]1(CO)O[C@@H](n2cc(C)c(N)nc2=O)[C@@H](F)[C@@H]1O. The Morgan fingerprint density at radius 3 is 2.92 bits per heavy atom. The van der Waals surface area contributed by atoms with E-state index in [-0.39, 0.29) is 24.9 Å². The van der Waals surface area contributed by atoms with Crippen molar-refractivity contribution in [1.29, 1.82) is 0 Å². The zero-order valence-corrected chi connectivity index (χ0v) is 13.8. The van der Waals surface area contributed by atoms with Crippen molar-refractivity contribution in [3.05, 3.63) is 22.2 Å². The first kappa shape index (κ1) is 19.2. The largest absolute Gasteiger partial charge is 0.391 e. The molecule has 10 nitrogen and oxygen atoms in total. The third-order valence-electron chi connectivity index (χ3n) is 3.84. The first-order chi connectivity index (χ1) is 11.7. The van der Waals surface area contributed by atoms with Gasteiger partial charge < -0.3 is 30.7 Å². The van der Waals surface area contributed by atoms with Gasteiger partial charge in [0.15, 0.2) is 12.4 Å². The van der Waals surface area contributed by atoms with E-state index in [1.54, 1.807) is 6.92 Å². The molecule has 0 saturated carbocycles. The smallest absolute Gasteiger partial charge is 0.351 e. The number of hydrogen-bond donors (Lipinski definition) is 4. The fraction of sp³-hybridized carbons (Fsp3) is 0.643. The number of carbonyl (C=O) groups is 1. The molecule has 0 unspecified atom stereocenters. The van der Waals surface area contributed by atoms with Gasteiger partial charge in [0.05, 0.1) is 6.61 Å². The number of ether oxygens (including phenoxy) is 2. The van der Waals surface area contributed by atoms with Crippen molar-refractivity contribution in [1.82, 2.24) is 14.9 Å². The summed E-state index contributed by atoms with van der Waals surface area (Å²) in [6, 6.07) is 0. The number of amides is 1. The molecule has 1 saturated heterocycles. The lowest BCUT2D eigenvalue weighted by Gasteiger charge is -2.29. The number of nitrogens with two attached hydrogens (primary N) is 1. The van der Waals surface area contributed by atoms with Gasteiger partial charge >= 0.3 is 5.69 Å². The van der Waals surface area contributed by atoms with E-state index in [9.17, 15) is 24.2 Å². The number of aliphatic hydroxyl groups is 2. The Morgan fingerprint density at radius 2 is 2.32 bits per heavy atom. The number of nitrogens with one attached hydrogen (secondary N) is 1. The van der Waals surface area contributed by atoms with Gasteiger partial charge in [0.1, 0.15) is 18.5 Å². The average Bonchev–Trinajstić information content (AvgIpc) is 2.80. The van der Waals surface area contributed by atoms with Crippen molar-refractivity contribution in [2.24, 2.45) is 0 Å². The van der Waals surface area contributed by atoms with Gasteiger partial charge in [0.2, 0.25) is 11.7 Å². The highest BCUT2D eigenvalue weighted by atomic mass is 19.1. The van der Waals surface area contributed by atoms with Crippen molar-refractivity contribution < 1.29 is 28.9 Å². The van der Waals surface area contributed by atoms with Gasteiger partial charge in [-0.3, -0.25) is 9.36 Å². The van der Waals surface area contributed by atoms with E-state index in [0.29, 0.717) is 5.56 Å². The molecule has 4 atom stereocenters. The zero-order chi connectivity index (χ0) is 18.8. The van der Waals surface area contributed by atoms with Crippen LogP contribution in [-0.4, -0.2) is 63.5 Å². The number of aromatic nitrogens is 2. The van der Waals surface area contributed by atoms with Gasteiger partial charge in [-0.2, -0.15) is 4.98 Å². The van der Waals surface area contributed by atoms with Crippen molar-refractivity contribution in [3.63, 3.8) is 0 Å². The summed E-state index contributed by atoms with van der Waals surface area (Å²) in [6.07, 6.45) is -4.22. The minimum absolute atomic E-state index is 0.00446. The summed E-state index contributed by atoms with van der Waals surface area (Å²) in [6.45, 7) is 1.93. The van der Waals surface area contributed by atoms with E-state index in [4.69, 9.17) is 15.2 Å². The van der Waals surface area contributed by atoms with Crippen LogP contribution in [0.25, 0.3) is 0 Å². The molecule has 2 rings (SSSR count). The van der Waals surface area contributed by atoms with Gasteiger partial charge in [0, 0.05) is 25.2 Å². The topological polar surface area (TPSA) is 149 Å². The maximum atomic E-state index is 14.5. The van der Waals surface area contributed by atoms with E-state index in [0.717, 1.165) is 4.57 Å². The molecule has 11 heteroatoms. The molecule has 0 spiro atoms. The van der Waals surface area contributed by atoms with Crippen LogP contribution in [0.2, 0.25) is 0 Å². The number of alkyl halides is 1. The predicted octanol–water partition coefficient (Wildman–Crippen LogP) is -1.80. The van der Waals surface area contributed by atoms with Crippen molar-refractivity contribution >= 4 is 11.7 Å². The maximum absolute atomic E-state index is 14.5. The number of nitrogen functional groups attached to an aromatic ring is 1. The normalized spacial score (nSPS) is 28.9. The van der Waals surface area contributed by atoms with Crippen LogP contribution < -0.4 is 16.7 Å². The second-order valence-electron chi connectivity index (χ2n) is 5.70. The van der Waals surface area contributed by atoms with Gasteiger partial charge in [-0.05, 0) is 6.92 Å². The lowest BCUT2D eigenvalue weighted by atomic mass is 10.1. The van der Waals surface area contributed by atoms with Gasteiger partial charge in [0.25, 0.3) is 0 Å². The minimum Gasteiger partial charge on any atom is -0.391 e. The lowest BCUT2D eigenvalue weighted by Crippen LogP contribution is -2.49. The Bertz CT molecular complexity index is 698. The second-order valence-corrected chi connectivity index (χ2v) is 5.70. The Hall–Kier alpha value is -2.08. The van der Waals surface area contributed by atoms with Crippen LogP contribution in [0.1, 0.15) is 18.7 Å². The molecule has 25 heavy (non-hydrogen) atoms. The van der Waals surface area contributed by atoms with E-state index < -0.39 is 36.6 Å². The summed E-state index contributed by atoms with van der Waals surface area (Å²) in [5.74, 6) is -2.38. The van der Waals surface area contributed by atoms with E-state index in [1.165, 1.54) is 13.1 Å². The number of rotatable bonds is 6. The molecule has 1 aliphatic rings. The van der Waals surface area contributed by atoms with Crippen LogP contribution in [0.5, 0.6) is 0 Å². The predicted molar refractivity (Wildman–Crippen MR) is 83.1 cm³/mol. The van der Waals surface area contributed by atoms with Crippen molar-refractivity contribution in [2.75, 3.05) is 25.5 Å². The zero-order valence-electron chi connectivity index (χ0n) is 13.8. The number of hydrogen-bond acceptors (Lipinski definition) is 8. The third-order valence-corrected chi connectivity index (χ3v) is 3.84. The summed E-state index contributed by atoms with van der Waals surface area (Å²) >= 11 is 0. The molecule has 0 aromatic carbocycles. The molecule has 2 heterocycles. The third kappa shape index (κ3) is 3.79. The van der Waals surface area contributed by atoms with Gasteiger partial charge in [-0.25, -0.2) is 9.18 Å². The molecule has 1 aliphatic heterocycles. The molecule has 0 bridgehead atoms. The molecule has 1 amide bonds. The van der Waals surface area contributed by atoms with E-state index in [2.05, 4.69) is 10.3 Å². The number of carbonyl (C=O) groups excluding carboxylic acids is 1. The number of nitrogens with zero attached hydrogens (tertiary/aromatic N) is 2. The van der Waals surface area contributed by atoms with Crippen LogP contribution in [0, 0.1) is 6.92 Å². The van der Waals surface area contributed by atoms with Crippen LogP contribution in [-0.2, 0) is 14.3 Å². The molecule has 5 N–H and O–H groups in total. The monoisotopic (exact) mass is 360 g/mol.